The molecule has 2 aromatic rings. The standard InChI is InChI=1S/C24H18ClN3O6/c25-16-9-7-13(8-10-16)19(29)12-26(22(30)17-3-1-2-4-18(17)28(33)34)27-23(31)20-14-5-6-15(11-14)21(20)24(27)32/h1-10,14-15,20-21H,11-12H2/t14-,15-,20-,21+/m0/s1. The third-order valence-corrected chi connectivity index (χ3v) is 6.97. The number of carbonyl (C=O) groups excluding carboxylic acids is 4. The van der Waals surface area contributed by atoms with Gasteiger partial charge in [0.2, 0.25) is 0 Å². The molecule has 1 saturated carbocycles. The predicted molar refractivity (Wildman–Crippen MR) is 119 cm³/mol. The second kappa shape index (κ2) is 8.18. The number of imide groups is 1. The summed E-state index contributed by atoms with van der Waals surface area (Å²) in [6.45, 7) is -0.647. The molecule has 1 heterocycles. The molecule has 9 nitrogen and oxygen atoms in total. The van der Waals surface area contributed by atoms with E-state index in [0.29, 0.717) is 11.4 Å². The molecule has 3 aliphatic rings. The number of halogens is 1. The Balaban J connectivity index is 1.54. The van der Waals surface area contributed by atoms with Gasteiger partial charge in [0.25, 0.3) is 23.4 Å². The van der Waals surface area contributed by atoms with E-state index < -0.39 is 52.5 Å². The van der Waals surface area contributed by atoms with Crippen molar-refractivity contribution in [2.24, 2.45) is 23.7 Å². The van der Waals surface area contributed by atoms with Crippen molar-refractivity contribution < 1.29 is 24.1 Å². The Kier molecular flexibility index (Phi) is 5.28. The fourth-order valence-corrected chi connectivity index (χ4v) is 5.30. The first-order valence-electron chi connectivity index (χ1n) is 10.7. The van der Waals surface area contributed by atoms with Gasteiger partial charge in [0, 0.05) is 16.7 Å². The zero-order chi connectivity index (χ0) is 24.1. The van der Waals surface area contributed by atoms with Crippen LogP contribution in [0.15, 0.2) is 60.7 Å². The normalized spacial score (nSPS) is 24.4. The van der Waals surface area contributed by atoms with Crippen LogP contribution >= 0.6 is 11.6 Å². The van der Waals surface area contributed by atoms with Crippen LogP contribution in [0.1, 0.15) is 27.1 Å². The Hall–Kier alpha value is -3.85. The number of para-hydroxylation sites is 1. The molecule has 10 heteroatoms. The van der Waals surface area contributed by atoms with Gasteiger partial charge in [0.05, 0.1) is 16.8 Å². The largest absolute Gasteiger partial charge is 0.292 e. The number of Topliss-reactive ketones (excluding diaryl/α,β-unsaturated/α-hetero) is 1. The van der Waals surface area contributed by atoms with Crippen molar-refractivity contribution in [3.8, 4) is 0 Å². The van der Waals surface area contributed by atoms with Gasteiger partial charge in [0.1, 0.15) is 12.1 Å². The molecule has 0 unspecified atom stereocenters. The van der Waals surface area contributed by atoms with E-state index in [1.54, 1.807) is 0 Å². The minimum Gasteiger partial charge on any atom is -0.292 e. The number of rotatable bonds is 6. The third kappa shape index (κ3) is 3.40. The summed E-state index contributed by atoms with van der Waals surface area (Å²) < 4.78 is 0. The maximum absolute atomic E-state index is 13.6. The van der Waals surface area contributed by atoms with Crippen molar-refractivity contribution in [2.45, 2.75) is 6.42 Å². The first kappa shape index (κ1) is 22.0. The van der Waals surface area contributed by atoms with Crippen LogP contribution in [0.5, 0.6) is 0 Å². The van der Waals surface area contributed by atoms with Gasteiger partial charge < -0.3 is 0 Å². The molecule has 34 heavy (non-hydrogen) atoms. The second-order valence-corrected chi connectivity index (χ2v) is 8.99. The Labute approximate surface area is 198 Å². The van der Waals surface area contributed by atoms with E-state index in [4.69, 9.17) is 11.6 Å². The van der Waals surface area contributed by atoms with Gasteiger partial charge in [-0.25, -0.2) is 5.01 Å². The summed E-state index contributed by atoms with van der Waals surface area (Å²) in [5.41, 5.74) is -0.599. The molecule has 3 amide bonds. The SMILES string of the molecule is O=C(CN(C(=O)c1ccccc1[N+](=O)[O-])N1C(=O)[C@@H]2[C@H](C1=O)[C@H]1C=C[C@H]2C1)c1ccc(Cl)cc1. The van der Waals surface area contributed by atoms with E-state index in [9.17, 15) is 29.3 Å². The lowest BCUT2D eigenvalue weighted by Gasteiger charge is -2.30. The number of amides is 3. The van der Waals surface area contributed by atoms with Crippen molar-refractivity contribution in [1.29, 1.82) is 0 Å². The van der Waals surface area contributed by atoms with Crippen LogP contribution in [0.25, 0.3) is 0 Å². The Morgan fingerprint density at radius 2 is 1.59 bits per heavy atom. The average molecular weight is 480 g/mol. The quantitative estimate of drug-likeness (QED) is 0.206. The number of nitro benzene ring substituents is 1. The smallest absolute Gasteiger partial charge is 0.282 e. The molecule has 2 aliphatic carbocycles. The van der Waals surface area contributed by atoms with Crippen molar-refractivity contribution in [3.63, 3.8) is 0 Å². The molecule has 2 aromatic carbocycles. The van der Waals surface area contributed by atoms with Crippen molar-refractivity contribution in [2.75, 3.05) is 6.54 Å². The summed E-state index contributed by atoms with van der Waals surface area (Å²) in [5, 5.41) is 13.4. The highest BCUT2D eigenvalue weighted by atomic mass is 35.5. The van der Waals surface area contributed by atoms with Crippen LogP contribution in [0.3, 0.4) is 0 Å². The van der Waals surface area contributed by atoms with Gasteiger partial charge in [-0.2, -0.15) is 5.01 Å². The van der Waals surface area contributed by atoms with Gasteiger partial charge in [-0.3, -0.25) is 29.3 Å². The monoisotopic (exact) mass is 479 g/mol. The van der Waals surface area contributed by atoms with Crippen LogP contribution in [-0.2, 0) is 9.59 Å². The lowest BCUT2D eigenvalue weighted by atomic mass is 9.85. The van der Waals surface area contributed by atoms with Crippen LogP contribution in [0.2, 0.25) is 5.02 Å². The topological polar surface area (TPSA) is 118 Å². The van der Waals surface area contributed by atoms with Crippen LogP contribution in [0, 0.1) is 33.8 Å². The summed E-state index contributed by atoms with van der Waals surface area (Å²) in [6, 6.07) is 11.2. The Morgan fingerprint density at radius 3 is 2.18 bits per heavy atom. The number of fused-ring (bicyclic) bond motifs is 5. The van der Waals surface area contributed by atoms with E-state index >= 15 is 0 Å². The molecular formula is C24H18ClN3O6. The van der Waals surface area contributed by atoms with E-state index in [1.165, 1.54) is 42.5 Å². The number of hydrogen-bond acceptors (Lipinski definition) is 6. The fraction of sp³-hybridized carbons (Fsp3) is 0.250. The van der Waals surface area contributed by atoms with Crippen LogP contribution < -0.4 is 0 Å². The highest BCUT2D eigenvalue weighted by Gasteiger charge is 2.61. The molecule has 0 aromatic heterocycles. The van der Waals surface area contributed by atoms with Crippen LogP contribution in [-0.4, -0.2) is 45.0 Å². The maximum atomic E-state index is 13.6. The molecule has 2 fully saturated rings. The number of benzene rings is 2. The molecule has 1 saturated heterocycles. The molecule has 5 rings (SSSR count). The number of hydrazine groups is 1. The minimum absolute atomic E-state index is 0.105. The molecule has 2 bridgehead atoms. The molecule has 0 spiro atoms. The highest BCUT2D eigenvalue weighted by molar-refractivity contribution is 6.30. The summed E-state index contributed by atoms with van der Waals surface area (Å²) >= 11 is 5.89. The summed E-state index contributed by atoms with van der Waals surface area (Å²) in [4.78, 5) is 64.1. The van der Waals surface area contributed by atoms with Gasteiger partial charge in [0.15, 0.2) is 5.78 Å². The zero-order valence-corrected chi connectivity index (χ0v) is 18.4. The first-order valence-corrected chi connectivity index (χ1v) is 11.1. The first-order chi connectivity index (χ1) is 16.3. The minimum atomic E-state index is -0.975. The lowest BCUT2D eigenvalue weighted by molar-refractivity contribution is -0.385. The summed E-state index contributed by atoms with van der Waals surface area (Å²) in [6.07, 6.45) is 4.52. The fourth-order valence-electron chi connectivity index (χ4n) is 5.17. The second-order valence-electron chi connectivity index (χ2n) is 8.56. The highest BCUT2D eigenvalue weighted by Crippen LogP contribution is 2.52. The summed E-state index contributed by atoms with van der Waals surface area (Å²) in [7, 11) is 0. The van der Waals surface area contributed by atoms with Gasteiger partial charge >= 0.3 is 0 Å². The molecular weight excluding hydrogens is 462 g/mol. The number of nitrogens with zero attached hydrogens (tertiary/aromatic N) is 3. The van der Waals surface area contributed by atoms with E-state index in [1.807, 2.05) is 12.2 Å². The molecule has 0 radical (unpaired) electrons. The molecule has 0 N–H and O–H groups in total. The molecule has 4 atom stereocenters. The van der Waals surface area contributed by atoms with Crippen molar-refractivity contribution >= 4 is 40.8 Å². The van der Waals surface area contributed by atoms with Gasteiger partial charge in [-0.1, -0.05) is 35.9 Å². The predicted octanol–water partition coefficient (Wildman–Crippen LogP) is 3.30. The maximum Gasteiger partial charge on any atom is 0.282 e. The Bertz CT molecular complexity index is 1240. The average Bonchev–Trinajstić information content (AvgIpc) is 3.51. The summed E-state index contributed by atoms with van der Waals surface area (Å²) in [5.74, 6) is -4.08. The third-order valence-electron chi connectivity index (χ3n) is 6.71. The number of allylic oxidation sites excluding steroid dienone is 2. The molecule has 1 aliphatic heterocycles. The Morgan fingerprint density at radius 1 is 1.00 bits per heavy atom. The zero-order valence-electron chi connectivity index (χ0n) is 17.7. The van der Waals surface area contributed by atoms with Gasteiger partial charge in [-0.05, 0) is 48.6 Å². The number of ketones is 1. The number of hydrogen-bond donors (Lipinski definition) is 0. The van der Waals surface area contributed by atoms with Gasteiger partial charge in [-0.15, -0.1) is 0 Å². The van der Waals surface area contributed by atoms with Crippen LogP contribution in [0.4, 0.5) is 5.69 Å². The van der Waals surface area contributed by atoms with Crippen molar-refractivity contribution in [1.82, 2.24) is 10.0 Å². The number of carbonyl (C=O) groups is 4. The van der Waals surface area contributed by atoms with E-state index in [0.717, 1.165) is 16.1 Å². The van der Waals surface area contributed by atoms with E-state index in [-0.39, 0.29) is 23.0 Å². The lowest BCUT2D eigenvalue weighted by Crippen LogP contribution is -2.52. The molecule has 172 valence electrons. The van der Waals surface area contributed by atoms with E-state index in [2.05, 4.69) is 0 Å². The van der Waals surface area contributed by atoms with Crippen molar-refractivity contribution in [3.05, 3.63) is 86.9 Å². The number of nitro groups is 1.